The Morgan fingerprint density at radius 2 is 1.80 bits per heavy atom. The van der Waals surface area contributed by atoms with E-state index in [1.54, 1.807) is 6.07 Å². The summed E-state index contributed by atoms with van der Waals surface area (Å²) >= 11 is 0. The highest BCUT2D eigenvalue weighted by Gasteiger charge is 2.14. The molecule has 0 N–H and O–H groups in total. The van der Waals surface area contributed by atoms with Gasteiger partial charge in [0.1, 0.15) is 11.3 Å². The van der Waals surface area contributed by atoms with Crippen LogP contribution in [0, 0.1) is 5.82 Å². The molecule has 0 saturated carbocycles. The van der Waals surface area contributed by atoms with E-state index >= 15 is 0 Å². The second kappa shape index (κ2) is 4.44. The van der Waals surface area contributed by atoms with Crippen LogP contribution in [0.15, 0.2) is 40.8 Å². The average molecular weight is 267 g/mol. The van der Waals surface area contributed by atoms with Gasteiger partial charge >= 0.3 is 0 Å². The Morgan fingerprint density at radius 3 is 2.60 bits per heavy atom. The molecule has 0 fully saturated rings. The average Bonchev–Trinajstić information content (AvgIpc) is 2.87. The minimum Gasteiger partial charge on any atom is -0.436 e. The Balaban J connectivity index is 1.86. The van der Waals surface area contributed by atoms with Crippen molar-refractivity contribution in [3.63, 3.8) is 0 Å². The number of halogens is 1. The van der Waals surface area contributed by atoms with Gasteiger partial charge in [-0.25, -0.2) is 9.37 Å². The second-order valence-electron chi connectivity index (χ2n) is 5.33. The first-order valence-electron chi connectivity index (χ1n) is 6.98. The summed E-state index contributed by atoms with van der Waals surface area (Å²) in [6, 6.07) is 10.6. The number of nitrogens with zero attached hydrogens (tertiary/aromatic N) is 1. The van der Waals surface area contributed by atoms with Gasteiger partial charge in [0.15, 0.2) is 5.58 Å². The van der Waals surface area contributed by atoms with Crippen molar-refractivity contribution in [3.05, 3.63) is 53.3 Å². The molecule has 1 aliphatic carbocycles. The first kappa shape index (κ1) is 11.6. The van der Waals surface area contributed by atoms with E-state index in [9.17, 15) is 4.39 Å². The van der Waals surface area contributed by atoms with Gasteiger partial charge in [-0.3, -0.25) is 0 Å². The van der Waals surface area contributed by atoms with Crippen molar-refractivity contribution >= 4 is 11.1 Å². The number of hydrogen-bond donors (Lipinski definition) is 0. The van der Waals surface area contributed by atoms with E-state index in [-0.39, 0.29) is 5.82 Å². The molecule has 1 aromatic heterocycles. The predicted octanol–water partition coefficient (Wildman–Crippen LogP) is 4.51. The van der Waals surface area contributed by atoms with Gasteiger partial charge in [0, 0.05) is 5.56 Å². The van der Waals surface area contributed by atoms with Crippen LogP contribution in [0.4, 0.5) is 4.39 Å². The smallest absolute Gasteiger partial charge is 0.227 e. The van der Waals surface area contributed by atoms with Gasteiger partial charge in [-0.2, -0.15) is 0 Å². The maximum absolute atomic E-state index is 13.3. The van der Waals surface area contributed by atoms with E-state index in [0.717, 1.165) is 23.9 Å². The van der Waals surface area contributed by atoms with E-state index in [2.05, 4.69) is 17.1 Å². The van der Waals surface area contributed by atoms with Crippen molar-refractivity contribution in [2.24, 2.45) is 0 Å². The molecule has 2 aromatic carbocycles. The number of fused-ring (bicyclic) bond motifs is 2. The van der Waals surface area contributed by atoms with Crippen LogP contribution in [0.5, 0.6) is 0 Å². The lowest BCUT2D eigenvalue weighted by Crippen LogP contribution is -2.01. The predicted molar refractivity (Wildman–Crippen MR) is 76.0 cm³/mol. The Morgan fingerprint density at radius 1 is 1.00 bits per heavy atom. The number of oxazole rings is 1. The lowest BCUT2D eigenvalue weighted by molar-refractivity contribution is 0.609. The maximum atomic E-state index is 13.3. The topological polar surface area (TPSA) is 26.0 Å². The summed E-state index contributed by atoms with van der Waals surface area (Å²) in [5, 5.41) is 0. The normalized spacial score (nSPS) is 14.4. The van der Waals surface area contributed by atoms with Crippen molar-refractivity contribution in [1.82, 2.24) is 4.98 Å². The molecule has 0 aliphatic heterocycles. The highest BCUT2D eigenvalue weighted by Crippen LogP contribution is 2.30. The summed E-state index contributed by atoms with van der Waals surface area (Å²) in [6.07, 6.45) is 4.71. The SMILES string of the molecule is Fc1cccc(-c2nc3cc4c(cc3o2)CCCC4)c1. The van der Waals surface area contributed by atoms with Crippen molar-refractivity contribution in [2.45, 2.75) is 25.7 Å². The van der Waals surface area contributed by atoms with Gasteiger partial charge in [0.05, 0.1) is 0 Å². The number of hydrogen-bond acceptors (Lipinski definition) is 2. The molecule has 0 unspecified atom stereocenters. The number of rotatable bonds is 1. The Hall–Kier alpha value is -2.16. The molecule has 0 saturated heterocycles. The standard InChI is InChI=1S/C17H14FNO/c18-14-7-3-6-13(8-14)17-19-15-9-11-4-1-2-5-12(11)10-16(15)20-17/h3,6-10H,1-2,4-5H2. The molecule has 0 amide bonds. The fraction of sp³-hybridized carbons (Fsp3) is 0.235. The van der Waals surface area contributed by atoms with Crippen LogP contribution in [0.1, 0.15) is 24.0 Å². The van der Waals surface area contributed by atoms with Gasteiger partial charge in [-0.1, -0.05) is 6.07 Å². The summed E-state index contributed by atoms with van der Waals surface area (Å²) in [7, 11) is 0. The summed E-state index contributed by atoms with van der Waals surface area (Å²) < 4.78 is 19.1. The summed E-state index contributed by atoms with van der Waals surface area (Å²) in [5.74, 6) is 0.214. The van der Waals surface area contributed by atoms with Crippen LogP contribution < -0.4 is 0 Å². The molecule has 1 aliphatic rings. The minimum atomic E-state index is -0.274. The van der Waals surface area contributed by atoms with Gasteiger partial charge in [-0.05, 0) is 67.1 Å². The van der Waals surface area contributed by atoms with Crippen LogP contribution >= 0.6 is 0 Å². The lowest BCUT2D eigenvalue weighted by atomic mass is 9.91. The molecular weight excluding hydrogens is 253 g/mol. The van der Waals surface area contributed by atoms with E-state index in [1.807, 2.05) is 6.07 Å². The fourth-order valence-corrected chi connectivity index (χ4v) is 2.90. The van der Waals surface area contributed by atoms with Crippen LogP contribution in [0.3, 0.4) is 0 Å². The summed E-state index contributed by atoms with van der Waals surface area (Å²) in [4.78, 5) is 4.50. The Bertz CT molecular complexity index is 748. The van der Waals surface area contributed by atoms with Crippen LogP contribution in [0.2, 0.25) is 0 Å². The molecule has 100 valence electrons. The maximum Gasteiger partial charge on any atom is 0.227 e. The monoisotopic (exact) mass is 267 g/mol. The molecule has 0 bridgehead atoms. The third-order valence-corrected chi connectivity index (χ3v) is 3.92. The fourth-order valence-electron chi connectivity index (χ4n) is 2.90. The Labute approximate surface area is 116 Å². The molecule has 0 radical (unpaired) electrons. The van der Waals surface area contributed by atoms with Crippen LogP contribution in [0.25, 0.3) is 22.6 Å². The van der Waals surface area contributed by atoms with Gasteiger partial charge in [-0.15, -0.1) is 0 Å². The highest BCUT2D eigenvalue weighted by molar-refractivity contribution is 5.78. The first-order valence-corrected chi connectivity index (χ1v) is 6.98. The molecule has 2 nitrogen and oxygen atoms in total. The van der Waals surface area contributed by atoms with E-state index < -0.39 is 0 Å². The minimum absolute atomic E-state index is 0.274. The molecule has 0 atom stereocenters. The number of aryl methyl sites for hydroxylation is 2. The van der Waals surface area contributed by atoms with E-state index in [4.69, 9.17) is 4.42 Å². The zero-order chi connectivity index (χ0) is 13.5. The third-order valence-electron chi connectivity index (χ3n) is 3.92. The van der Waals surface area contributed by atoms with Crippen molar-refractivity contribution in [2.75, 3.05) is 0 Å². The first-order chi connectivity index (χ1) is 9.79. The molecule has 3 aromatic rings. The number of benzene rings is 2. The summed E-state index contributed by atoms with van der Waals surface area (Å²) in [6.45, 7) is 0. The highest BCUT2D eigenvalue weighted by atomic mass is 19.1. The van der Waals surface area contributed by atoms with Crippen LogP contribution in [-0.4, -0.2) is 4.98 Å². The molecule has 3 heteroatoms. The molecule has 20 heavy (non-hydrogen) atoms. The lowest BCUT2D eigenvalue weighted by Gasteiger charge is -2.14. The zero-order valence-corrected chi connectivity index (χ0v) is 11.0. The van der Waals surface area contributed by atoms with E-state index in [1.165, 1.54) is 36.1 Å². The molecule has 1 heterocycles. The number of aromatic nitrogens is 1. The van der Waals surface area contributed by atoms with Gasteiger partial charge < -0.3 is 4.42 Å². The van der Waals surface area contributed by atoms with E-state index in [0.29, 0.717) is 11.5 Å². The van der Waals surface area contributed by atoms with Crippen molar-refractivity contribution in [3.8, 4) is 11.5 Å². The second-order valence-corrected chi connectivity index (χ2v) is 5.33. The quantitative estimate of drug-likeness (QED) is 0.648. The zero-order valence-electron chi connectivity index (χ0n) is 11.0. The van der Waals surface area contributed by atoms with Crippen molar-refractivity contribution in [1.29, 1.82) is 0 Å². The third kappa shape index (κ3) is 1.90. The van der Waals surface area contributed by atoms with Crippen LogP contribution in [-0.2, 0) is 12.8 Å². The molecule has 0 spiro atoms. The Kier molecular flexibility index (Phi) is 2.59. The largest absolute Gasteiger partial charge is 0.436 e. The van der Waals surface area contributed by atoms with Gasteiger partial charge in [0.2, 0.25) is 5.89 Å². The van der Waals surface area contributed by atoms with Crippen molar-refractivity contribution < 1.29 is 8.81 Å². The molecule has 4 rings (SSSR count). The van der Waals surface area contributed by atoms with Gasteiger partial charge in [0.25, 0.3) is 0 Å². The molecular formula is C17H14FNO. The summed E-state index contributed by atoms with van der Waals surface area (Å²) in [5.41, 5.74) is 5.09.